The van der Waals surface area contributed by atoms with Crippen LogP contribution in [0.15, 0.2) is 0 Å². The van der Waals surface area contributed by atoms with Crippen molar-refractivity contribution >= 4 is 17.3 Å². The standard InChI is InChI=1S/C8H5ClF3N3/c1-3-6(14)5(8(10,11)12)4(2-13)7(9)15-3/h14H2,1H3. The Morgan fingerprint density at radius 1 is 1.47 bits per heavy atom. The maximum absolute atomic E-state index is 12.5. The van der Waals surface area contributed by atoms with Crippen LogP contribution in [0.3, 0.4) is 0 Å². The third-order valence-electron chi connectivity index (χ3n) is 1.78. The van der Waals surface area contributed by atoms with Crippen LogP contribution < -0.4 is 5.73 Å². The second-order valence-electron chi connectivity index (χ2n) is 2.76. The fourth-order valence-corrected chi connectivity index (χ4v) is 1.34. The Balaban J connectivity index is 3.68. The molecule has 0 fully saturated rings. The van der Waals surface area contributed by atoms with Crippen molar-refractivity contribution in [3.8, 4) is 6.07 Å². The number of nitrogens with zero attached hydrogens (tertiary/aromatic N) is 2. The Labute approximate surface area is 88.3 Å². The van der Waals surface area contributed by atoms with Gasteiger partial charge in [-0.25, -0.2) is 4.98 Å². The molecule has 0 unspecified atom stereocenters. The molecule has 0 saturated carbocycles. The quantitative estimate of drug-likeness (QED) is 0.703. The van der Waals surface area contributed by atoms with Crippen LogP contribution >= 0.6 is 11.6 Å². The minimum absolute atomic E-state index is 0.0497. The molecule has 0 saturated heterocycles. The van der Waals surface area contributed by atoms with Gasteiger partial charge in [0.05, 0.1) is 11.4 Å². The van der Waals surface area contributed by atoms with E-state index in [0.29, 0.717) is 0 Å². The highest BCUT2D eigenvalue weighted by Crippen LogP contribution is 2.38. The predicted octanol–water partition coefficient (Wildman–Crippen LogP) is 2.52. The molecule has 2 N–H and O–H groups in total. The van der Waals surface area contributed by atoms with Gasteiger partial charge in [0, 0.05) is 0 Å². The highest BCUT2D eigenvalue weighted by Gasteiger charge is 2.38. The summed E-state index contributed by atoms with van der Waals surface area (Å²) >= 11 is 5.42. The average molecular weight is 236 g/mol. The molecule has 0 bridgehead atoms. The molecule has 3 nitrogen and oxygen atoms in total. The Bertz CT molecular complexity index is 448. The average Bonchev–Trinajstić information content (AvgIpc) is 2.08. The minimum atomic E-state index is -4.72. The van der Waals surface area contributed by atoms with E-state index in [9.17, 15) is 13.2 Å². The van der Waals surface area contributed by atoms with Crippen molar-refractivity contribution in [2.75, 3.05) is 5.73 Å². The summed E-state index contributed by atoms with van der Waals surface area (Å²) in [5.74, 6) is 0. The highest BCUT2D eigenvalue weighted by atomic mass is 35.5. The fraction of sp³-hybridized carbons (Fsp3) is 0.250. The lowest BCUT2D eigenvalue weighted by Crippen LogP contribution is -2.14. The largest absolute Gasteiger partial charge is 0.419 e. The number of rotatable bonds is 0. The van der Waals surface area contributed by atoms with Crippen LogP contribution in [0.2, 0.25) is 5.15 Å². The molecule has 1 aromatic rings. The fourth-order valence-electron chi connectivity index (χ4n) is 1.08. The molecule has 80 valence electrons. The Morgan fingerprint density at radius 2 is 2.00 bits per heavy atom. The van der Waals surface area contributed by atoms with E-state index in [2.05, 4.69) is 4.98 Å². The molecule has 15 heavy (non-hydrogen) atoms. The van der Waals surface area contributed by atoms with Crippen molar-refractivity contribution in [1.82, 2.24) is 4.98 Å². The Morgan fingerprint density at radius 3 is 2.40 bits per heavy atom. The molecule has 0 amide bonds. The summed E-state index contributed by atoms with van der Waals surface area (Å²) in [5, 5.41) is 8.06. The number of aromatic nitrogens is 1. The summed E-state index contributed by atoms with van der Waals surface area (Å²) in [6, 6.07) is 1.34. The number of halogens is 4. The predicted molar refractivity (Wildman–Crippen MR) is 48.1 cm³/mol. The maximum Gasteiger partial charge on any atom is 0.419 e. The van der Waals surface area contributed by atoms with Crippen LogP contribution in [0.5, 0.6) is 0 Å². The van der Waals surface area contributed by atoms with E-state index in [-0.39, 0.29) is 5.69 Å². The van der Waals surface area contributed by atoms with Gasteiger partial charge < -0.3 is 5.73 Å². The van der Waals surface area contributed by atoms with Gasteiger partial charge in [-0.05, 0) is 6.92 Å². The molecular weight excluding hydrogens is 231 g/mol. The summed E-state index contributed by atoms with van der Waals surface area (Å²) in [7, 11) is 0. The van der Waals surface area contributed by atoms with Crippen LogP contribution in [-0.4, -0.2) is 4.98 Å². The number of nitriles is 1. The first-order valence-corrected chi connectivity index (χ1v) is 4.09. The molecule has 0 atom stereocenters. The van der Waals surface area contributed by atoms with E-state index < -0.39 is 28.1 Å². The number of anilines is 1. The molecule has 0 aliphatic carbocycles. The Hall–Kier alpha value is -1.48. The van der Waals surface area contributed by atoms with Gasteiger partial charge in [-0.2, -0.15) is 18.4 Å². The summed E-state index contributed by atoms with van der Waals surface area (Å²) < 4.78 is 37.6. The van der Waals surface area contributed by atoms with Crippen LogP contribution in [0.25, 0.3) is 0 Å². The lowest BCUT2D eigenvalue weighted by Gasteiger charge is -2.13. The van der Waals surface area contributed by atoms with Gasteiger partial charge in [-0.15, -0.1) is 0 Å². The van der Waals surface area contributed by atoms with E-state index in [1.165, 1.54) is 13.0 Å². The topological polar surface area (TPSA) is 62.7 Å². The van der Waals surface area contributed by atoms with Crippen LogP contribution in [0.1, 0.15) is 16.8 Å². The smallest absolute Gasteiger partial charge is 0.397 e. The zero-order valence-electron chi connectivity index (χ0n) is 7.48. The number of hydrogen-bond donors (Lipinski definition) is 1. The number of nitrogen functional groups attached to an aromatic ring is 1. The number of pyridine rings is 1. The number of aryl methyl sites for hydroxylation is 1. The van der Waals surface area contributed by atoms with E-state index in [1.54, 1.807) is 0 Å². The molecule has 1 rings (SSSR count). The number of hydrogen-bond acceptors (Lipinski definition) is 3. The molecule has 0 aliphatic heterocycles. The summed E-state index contributed by atoms with van der Waals surface area (Å²) in [5.41, 5.74) is 2.64. The van der Waals surface area contributed by atoms with E-state index in [4.69, 9.17) is 22.6 Å². The second-order valence-corrected chi connectivity index (χ2v) is 3.12. The summed E-state index contributed by atoms with van der Waals surface area (Å²) in [4.78, 5) is 3.54. The van der Waals surface area contributed by atoms with Crippen LogP contribution in [0.4, 0.5) is 18.9 Å². The third kappa shape index (κ3) is 1.97. The molecule has 1 aromatic heterocycles. The lowest BCUT2D eigenvalue weighted by atomic mass is 10.1. The highest BCUT2D eigenvalue weighted by molar-refractivity contribution is 6.30. The van der Waals surface area contributed by atoms with Gasteiger partial charge in [0.15, 0.2) is 0 Å². The monoisotopic (exact) mass is 235 g/mol. The summed E-state index contributed by atoms with van der Waals surface area (Å²) in [6.07, 6.45) is -4.72. The van der Waals surface area contributed by atoms with Crippen molar-refractivity contribution in [1.29, 1.82) is 5.26 Å². The van der Waals surface area contributed by atoms with Crippen molar-refractivity contribution in [2.45, 2.75) is 13.1 Å². The summed E-state index contributed by atoms with van der Waals surface area (Å²) in [6.45, 7) is 1.29. The first kappa shape index (κ1) is 11.6. The van der Waals surface area contributed by atoms with Gasteiger partial charge in [0.2, 0.25) is 0 Å². The van der Waals surface area contributed by atoms with Gasteiger partial charge in [0.25, 0.3) is 0 Å². The molecule has 1 heterocycles. The number of nitrogens with two attached hydrogens (primary N) is 1. The van der Waals surface area contributed by atoms with E-state index in [1.807, 2.05) is 0 Å². The molecule has 0 aromatic carbocycles. The molecule has 7 heteroatoms. The van der Waals surface area contributed by atoms with Crippen molar-refractivity contribution in [3.63, 3.8) is 0 Å². The van der Waals surface area contributed by atoms with Crippen molar-refractivity contribution < 1.29 is 13.2 Å². The molecular formula is C8H5ClF3N3. The maximum atomic E-state index is 12.5. The second kappa shape index (κ2) is 3.59. The zero-order valence-corrected chi connectivity index (χ0v) is 8.24. The van der Waals surface area contributed by atoms with E-state index >= 15 is 0 Å². The lowest BCUT2D eigenvalue weighted by molar-refractivity contribution is -0.137. The SMILES string of the molecule is Cc1nc(Cl)c(C#N)c(C(F)(F)F)c1N. The van der Waals surface area contributed by atoms with Crippen molar-refractivity contribution in [3.05, 3.63) is 22.0 Å². The van der Waals surface area contributed by atoms with Crippen LogP contribution in [0, 0.1) is 18.3 Å². The molecule has 0 radical (unpaired) electrons. The first-order valence-electron chi connectivity index (χ1n) is 3.72. The van der Waals surface area contributed by atoms with Crippen LogP contribution in [-0.2, 0) is 6.18 Å². The molecule has 0 aliphatic rings. The molecule has 0 spiro atoms. The minimum Gasteiger partial charge on any atom is -0.397 e. The van der Waals surface area contributed by atoms with E-state index in [0.717, 1.165) is 0 Å². The zero-order chi connectivity index (χ0) is 11.8. The van der Waals surface area contributed by atoms with Gasteiger partial charge >= 0.3 is 6.18 Å². The van der Waals surface area contributed by atoms with Crippen molar-refractivity contribution in [2.24, 2.45) is 0 Å². The Kier molecular flexibility index (Phi) is 2.77. The third-order valence-corrected chi connectivity index (χ3v) is 2.05. The number of alkyl halides is 3. The van der Waals surface area contributed by atoms with Gasteiger partial charge in [0.1, 0.15) is 22.3 Å². The normalized spacial score (nSPS) is 11.2. The van der Waals surface area contributed by atoms with Gasteiger partial charge in [-0.3, -0.25) is 0 Å². The first-order chi connectivity index (χ1) is 6.79. The van der Waals surface area contributed by atoms with Gasteiger partial charge in [-0.1, -0.05) is 11.6 Å².